The molecule has 3 aromatic rings. The number of aryl methyl sites for hydroxylation is 1. The average Bonchev–Trinajstić information content (AvgIpc) is 3.27. The molecule has 8 heteroatoms. The summed E-state index contributed by atoms with van der Waals surface area (Å²) in [6.07, 6.45) is 0. The lowest BCUT2D eigenvalue weighted by Crippen LogP contribution is -2.30. The van der Waals surface area contributed by atoms with Crippen molar-refractivity contribution in [3.63, 3.8) is 0 Å². The molecule has 33 heavy (non-hydrogen) atoms. The Kier molecular flexibility index (Phi) is 8.32. The molecule has 0 spiro atoms. The Labute approximate surface area is 207 Å². The van der Waals surface area contributed by atoms with Crippen molar-refractivity contribution in [2.75, 3.05) is 47.2 Å². The van der Waals surface area contributed by atoms with E-state index in [0.29, 0.717) is 5.11 Å². The lowest BCUT2D eigenvalue weighted by atomic mass is 10.2. The lowest BCUT2D eigenvalue weighted by Gasteiger charge is -2.31. The second kappa shape index (κ2) is 11.6. The minimum absolute atomic E-state index is 0.588. The summed E-state index contributed by atoms with van der Waals surface area (Å²) in [5, 5.41) is 7.24. The lowest BCUT2D eigenvalue weighted by molar-refractivity contribution is 0.415. The van der Waals surface area contributed by atoms with Crippen LogP contribution in [0.25, 0.3) is 0 Å². The molecule has 172 valence electrons. The summed E-state index contributed by atoms with van der Waals surface area (Å²) >= 11 is 7.45. The first-order valence-electron chi connectivity index (χ1n) is 10.9. The van der Waals surface area contributed by atoms with Gasteiger partial charge in [-0.25, -0.2) is 0 Å². The molecule has 0 aromatic heterocycles. The average molecular weight is 497 g/mol. The highest BCUT2D eigenvalue weighted by Crippen LogP contribution is 2.61. The Morgan fingerprint density at radius 1 is 0.939 bits per heavy atom. The van der Waals surface area contributed by atoms with Crippen LogP contribution in [0.1, 0.15) is 5.56 Å². The predicted octanol–water partition coefficient (Wildman–Crippen LogP) is 6.28. The van der Waals surface area contributed by atoms with Gasteiger partial charge in [-0.1, -0.05) is 47.3 Å². The van der Waals surface area contributed by atoms with E-state index in [9.17, 15) is 0 Å². The first-order valence-corrected chi connectivity index (χ1v) is 14.2. The molecule has 5 nitrogen and oxygen atoms in total. The largest absolute Gasteiger partial charge is 0.497 e. The minimum atomic E-state index is -0.588. The normalized spacial score (nSPS) is 15.4. The van der Waals surface area contributed by atoms with Crippen molar-refractivity contribution in [1.82, 2.24) is 5.32 Å². The van der Waals surface area contributed by atoms with Gasteiger partial charge in [0.05, 0.1) is 7.11 Å². The molecule has 3 aromatic carbocycles. The zero-order valence-electron chi connectivity index (χ0n) is 18.9. The molecule has 1 fully saturated rings. The third-order valence-electron chi connectivity index (χ3n) is 5.27. The Bertz CT molecular complexity index is 1030. The number of hydrogen-bond acceptors (Lipinski definition) is 5. The maximum atomic E-state index is 5.46. The van der Waals surface area contributed by atoms with E-state index in [1.54, 1.807) is 7.11 Å². The number of methoxy groups -OCH3 is 1. The summed E-state index contributed by atoms with van der Waals surface area (Å²) in [6, 6.07) is 27.3. The molecule has 0 bridgehead atoms. The van der Waals surface area contributed by atoms with Gasteiger partial charge in [0.2, 0.25) is 0 Å². The van der Waals surface area contributed by atoms with Crippen LogP contribution in [0.4, 0.5) is 17.1 Å². The van der Waals surface area contributed by atoms with Gasteiger partial charge in [-0.15, -0.1) is 0 Å². The van der Waals surface area contributed by atoms with Crippen molar-refractivity contribution < 1.29 is 4.74 Å². The minimum Gasteiger partial charge on any atom is -0.497 e. The summed E-state index contributed by atoms with van der Waals surface area (Å²) in [5.41, 5.74) is 4.80. The van der Waals surface area contributed by atoms with E-state index >= 15 is 0 Å². The summed E-state index contributed by atoms with van der Waals surface area (Å²) in [4.78, 5) is 0. The van der Waals surface area contributed by atoms with Gasteiger partial charge in [0.25, 0.3) is 0 Å². The number of ether oxygens (including phenoxy) is 1. The molecule has 4 rings (SSSR count). The van der Waals surface area contributed by atoms with E-state index in [0.717, 1.165) is 36.8 Å². The van der Waals surface area contributed by atoms with Crippen molar-refractivity contribution in [3.05, 3.63) is 84.4 Å². The van der Waals surface area contributed by atoms with Crippen LogP contribution >= 0.6 is 31.0 Å². The summed E-state index contributed by atoms with van der Waals surface area (Å²) < 4.78 is 10.4. The molecule has 2 N–H and O–H groups in total. The summed E-state index contributed by atoms with van der Waals surface area (Å²) in [7, 11) is 1.12. The van der Waals surface area contributed by atoms with Gasteiger partial charge in [-0.05, 0) is 67.7 Å². The van der Waals surface area contributed by atoms with E-state index in [2.05, 4.69) is 63.3 Å². The van der Waals surface area contributed by atoms with Gasteiger partial charge in [0.15, 0.2) is 12.5 Å². The van der Waals surface area contributed by atoms with E-state index < -0.39 is 7.42 Å². The van der Waals surface area contributed by atoms with Crippen LogP contribution in [0.15, 0.2) is 78.9 Å². The smallest absolute Gasteiger partial charge is 0.170 e. The molecule has 1 atom stereocenters. The molecule has 0 aliphatic carbocycles. The summed E-state index contributed by atoms with van der Waals surface area (Å²) in [5.74, 6) is 1.84. The van der Waals surface area contributed by atoms with Gasteiger partial charge in [0, 0.05) is 42.4 Å². The van der Waals surface area contributed by atoms with E-state index in [-0.39, 0.29) is 0 Å². The highest BCUT2D eigenvalue weighted by molar-refractivity contribution is 8.56. The van der Waals surface area contributed by atoms with Crippen molar-refractivity contribution in [2.24, 2.45) is 0 Å². The number of hydrogen-bond donors (Lipinski definition) is 2. The second-order valence-electron chi connectivity index (χ2n) is 7.61. The monoisotopic (exact) mass is 496 g/mol. The Hall–Kier alpha value is -2.47. The fraction of sp³-hybridized carbons (Fsp3) is 0.240. The van der Waals surface area contributed by atoms with Crippen LogP contribution in [0, 0.1) is 6.92 Å². The van der Waals surface area contributed by atoms with Crippen LogP contribution in [-0.2, 0) is 0 Å². The Balaban J connectivity index is 1.40. The number of nitrogens with one attached hydrogen (secondary N) is 2. The topological polar surface area (TPSA) is 39.8 Å². The van der Waals surface area contributed by atoms with Gasteiger partial charge in [-0.3, -0.25) is 0 Å². The van der Waals surface area contributed by atoms with Crippen molar-refractivity contribution in [1.29, 1.82) is 0 Å². The third-order valence-corrected chi connectivity index (χ3v) is 10.2. The molecule has 1 aliphatic heterocycles. The van der Waals surface area contributed by atoms with E-state index in [1.807, 2.05) is 53.8 Å². The quantitative estimate of drug-likeness (QED) is 0.216. The van der Waals surface area contributed by atoms with Crippen LogP contribution in [0.3, 0.4) is 0 Å². The van der Waals surface area contributed by atoms with Crippen molar-refractivity contribution in [3.8, 4) is 5.75 Å². The first kappa shape index (κ1) is 23.7. The molecular formula is C25H29N4OPS2. The number of nitrogens with zero attached hydrogens (tertiary/aromatic N) is 2. The van der Waals surface area contributed by atoms with Crippen molar-refractivity contribution in [2.45, 2.75) is 6.92 Å². The van der Waals surface area contributed by atoms with Crippen LogP contribution in [-0.4, -0.2) is 37.6 Å². The van der Waals surface area contributed by atoms with Crippen LogP contribution in [0.5, 0.6) is 5.75 Å². The first-order chi connectivity index (χ1) is 16.1. The Morgan fingerprint density at radius 3 is 2.15 bits per heavy atom. The fourth-order valence-electron chi connectivity index (χ4n) is 3.55. The van der Waals surface area contributed by atoms with Gasteiger partial charge >= 0.3 is 0 Å². The second-order valence-corrected chi connectivity index (χ2v) is 11.9. The number of rotatable bonds is 8. The maximum Gasteiger partial charge on any atom is 0.170 e. The molecule has 0 saturated carbocycles. The SMILES string of the molecule is COc1ccc(N2CCN(c3ccc(C)cc3)P2SCCNC(=S)Nc2ccccc2)cc1. The molecule has 1 aliphatic rings. The third kappa shape index (κ3) is 6.32. The fourth-order valence-corrected chi connectivity index (χ4v) is 8.50. The van der Waals surface area contributed by atoms with Gasteiger partial charge in [0.1, 0.15) is 5.75 Å². The van der Waals surface area contributed by atoms with Gasteiger partial charge in [-0.2, -0.15) is 0 Å². The molecule has 1 heterocycles. The molecule has 0 radical (unpaired) electrons. The number of thiocarbonyl (C=S) groups is 1. The standard InChI is InChI=1S/C25H29N4OPS2/c1-20-8-10-22(11-9-20)28-17-18-29(23-12-14-24(30-2)15-13-23)31(28)33-19-16-26-25(32)27-21-6-4-3-5-7-21/h3-15H,16-19H2,1-2H3,(H2,26,27,32). The molecule has 1 saturated heterocycles. The maximum absolute atomic E-state index is 5.46. The van der Waals surface area contributed by atoms with Crippen molar-refractivity contribution >= 4 is 53.2 Å². The number of anilines is 3. The highest BCUT2D eigenvalue weighted by atomic mass is 32.7. The molecular weight excluding hydrogens is 467 g/mol. The zero-order chi connectivity index (χ0) is 23.0. The van der Waals surface area contributed by atoms with E-state index in [1.165, 1.54) is 16.9 Å². The van der Waals surface area contributed by atoms with Gasteiger partial charge < -0.3 is 24.7 Å². The van der Waals surface area contributed by atoms with Crippen LogP contribution in [0.2, 0.25) is 0 Å². The Morgan fingerprint density at radius 2 is 1.55 bits per heavy atom. The van der Waals surface area contributed by atoms with Crippen LogP contribution < -0.4 is 24.7 Å². The molecule has 0 amide bonds. The number of benzene rings is 3. The molecule has 1 unspecified atom stereocenters. The zero-order valence-corrected chi connectivity index (χ0v) is 21.4. The highest BCUT2D eigenvalue weighted by Gasteiger charge is 2.33. The van der Waals surface area contributed by atoms with E-state index in [4.69, 9.17) is 17.0 Å². The number of para-hydroxylation sites is 1. The summed E-state index contributed by atoms with van der Waals surface area (Å²) in [6.45, 7) is 4.95. The predicted molar refractivity (Wildman–Crippen MR) is 149 cm³/mol.